The number of benzene rings is 1. The van der Waals surface area contributed by atoms with Crippen LogP contribution in [0.15, 0.2) is 30.3 Å². The Labute approximate surface area is 85.6 Å². The molecule has 76 valence electrons. The molecule has 1 rings (SSSR count). The highest BCUT2D eigenvalue weighted by atomic mass is 16.5. The number of hydrogen-bond donors (Lipinski definition) is 1. The Morgan fingerprint density at radius 2 is 2.14 bits per heavy atom. The summed E-state index contributed by atoms with van der Waals surface area (Å²) in [4.78, 5) is 0. The lowest BCUT2D eigenvalue weighted by molar-refractivity contribution is 0.184. The maximum atomic E-state index is 5.13. The van der Waals surface area contributed by atoms with Crippen molar-refractivity contribution in [1.29, 1.82) is 0 Å². The Hall–Kier alpha value is -1.12. The van der Waals surface area contributed by atoms with Crippen LogP contribution in [0.2, 0.25) is 0 Å². The van der Waals surface area contributed by atoms with E-state index in [1.807, 2.05) is 19.2 Å². The fraction of sp³-hybridized carbons (Fsp3) is 0.333. The van der Waals surface area contributed by atoms with Crippen molar-refractivity contribution < 1.29 is 4.74 Å². The Balaban J connectivity index is 2.73. The third kappa shape index (κ3) is 3.32. The quantitative estimate of drug-likeness (QED) is 0.769. The van der Waals surface area contributed by atoms with Crippen LogP contribution < -0.4 is 5.32 Å². The largest absolute Gasteiger partial charge is 0.380 e. The SMILES string of the molecule is CNCC=Cc1ccccc1COC. The van der Waals surface area contributed by atoms with E-state index in [1.165, 1.54) is 11.1 Å². The molecule has 2 nitrogen and oxygen atoms in total. The van der Waals surface area contributed by atoms with Crippen molar-refractivity contribution >= 4 is 6.08 Å². The number of methoxy groups -OCH3 is 1. The highest BCUT2D eigenvalue weighted by Gasteiger charge is 1.96. The monoisotopic (exact) mass is 191 g/mol. The summed E-state index contributed by atoms with van der Waals surface area (Å²) < 4.78 is 5.13. The van der Waals surface area contributed by atoms with Crippen molar-refractivity contribution in [3.8, 4) is 0 Å². The molecule has 1 aromatic rings. The molecule has 0 saturated carbocycles. The summed E-state index contributed by atoms with van der Waals surface area (Å²) >= 11 is 0. The van der Waals surface area contributed by atoms with Gasteiger partial charge >= 0.3 is 0 Å². The summed E-state index contributed by atoms with van der Waals surface area (Å²) in [7, 11) is 3.65. The summed E-state index contributed by atoms with van der Waals surface area (Å²) in [5.74, 6) is 0. The maximum Gasteiger partial charge on any atom is 0.0718 e. The number of likely N-dealkylation sites (N-methyl/N-ethyl adjacent to an activating group) is 1. The van der Waals surface area contributed by atoms with E-state index in [0.717, 1.165) is 6.54 Å². The van der Waals surface area contributed by atoms with Crippen LogP contribution in [0, 0.1) is 0 Å². The van der Waals surface area contributed by atoms with Gasteiger partial charge in [0.05, 0.1) is 6.61 Å². The van der Waals surface area contributed by atoms with E-state index in [9.17, 15) is 0 Å². The molecule has 1 aromatic carbocycles. The molecule has 0 radical (unpaired) electrons. The van der Waals surface area contributed by atoms with Gasteiger partial charge in [-0.2, -0.15) is 0 Å². The molecular formula is C12H17NO. The summed E-state index contributed by atoms with van der Waals surface area (Å²) in [5.41, 5.74) is 2.45. The van der Waals surface area contributed by atoms with E-state index in [0.29, 0.717) is 6.61 Å². The summed E-state index contributed by atoms with van der Waals surface area (Å²) in [6.07, 6.45) is 4.22. The minimum atomic E-state index is 0.667. The fourth-order valence-electron chi connectivity index (χ4n) is 1.29. The van der Waals surface area contributed by atoms with Gasteiger partial charge in [-0.1, -0.05) is 36.4 Å². The van der Waals surface area contributed by atoms with Gasteiger partial charge in [0.15, 0.2) is 0 Å². The zero-order chi connectivity index (χ0) is 10.2. The van der Waals surface area contributed by atoms with Crippen LogP contribution in [0.3, 0.4) is 0 Å². The lowest BCUT2D eigenvalue weighted by Gasteiger charge is -2.03. The molecule has 0 spiro atoms. The lowest BCUT2D eigenvalue weighted by atomic mass is 10.1. The highest BCUT2D eigenvalue weighted by molar-refractivity contribution is 5.53. The van der Waals surface area contributed by atoms with Crippen LogP contribution in [-0.4, -0.2) is 20.7 Å². The van der Waals surface area contributed by atoms with Crippen LogP contribution in [0.4, 0.5) is 0 Å². The summed E-state index contributed by atoms with van der Waals surface area (Å²) in [5, 5.41) is 3.07. The first-order valence-corrected chi connectivity index (χ1v) is 4.76. The first kappa shape index (κ1) is 11.0. The second-order valence-electron chi connectivity index (χ2n) is 3.09. The van der Waals surface area contributed by atoms with Gasteiger partial charge in [-0.15, -0.1) is 0 Å². The Kier molecular flexibility index (Phi) is 4.97. The van der Waals surface area contributed by atoms with Gasteiger partial charge < -0.3 is 10.1 Å². The predicted octanol–water partition coefficient (Wildman–Crippen LogP) is 2.07. The summed E-state index contributed by atoms with van der Waals surface area (Å²) in [6, 6.07) is 8.25. The molecule has 0 amide bonds. The first-order valence-electron chi connectivity index (χ1n) is 4.76. The second kappa shape index (κ2) is 6.35. The number of hydrogen-bond acceptors (Lipinski definition) is 2. The standard InChI is InChI=1S/C12H17NO/c1-13-9-5-8-11-6-3-4-7-12(11)10-14-2/h3-8,13H,9-10H2,1-2H3. The van der Waals surface area contributed by atoms with Crippen LogP contribution in [0.25, 0.3) is 6.08 Å². The minimum Gasteiger partial charge on any atom is -0.380 e. The lowest BCUT2D eigenvalue weighted by Crippen LogP contribution is -2.03. The van der Waals surface area contributed by atoms with Crippen LogP contribution in [0.1, 0.15) is 11.1 Å². The van der Waals surface area contributed by atoms with Gasteiger partial charge in [-0.25, -0.2) is 0 Å². The van der Waals surface area contributed by atoms with Gasteiger partial charge in [0.1, 0.15) is 0 Å². The maximum absolute atomic E-state index is 5.13. The highest BCUT2D eigenvalue weighted by Crippen LogP contribution is 2.11. The molecule has 0 aromatic heterocycles. The van der Waals surface area contributed by atoms with Crippen molar-refractivity contribution in [2.75, 3.05) is 20.7 Å². The van der Waals surface area contributed by atoms with Crippen molar-refractivity contribution in [2.45, 2.75) is 6.61 Å². The summed E-state index contributed by atoms with van der Waals surface area (Å²) in [6.45, 7) is 1.56. The zero-order valence-electron chi connectivity index (χ0n) is 8.79. The third-order valence-corrected chi connectivity index (χ3v) is 1.97. The van der Waals surface area contributed by atoms with E-state index in [-0.39, 0.29) is 0 Å². The number of nitrogens with one attached hydrogen (secondary N) is 1. The molecule has 0 fully saturated rings. The normalized spacial score (nSPS) is 11.0. The topological polar surface area (TPSA) is 21.3 Å². The molecule has 0 heterocycles. The molecule has 0 aliphatic heterocycles. The smallest absolute Gasteiger partial charge is 0.0718 e. The average Bonchev–Trinajstić information content (AvgIpc) is 2.21. The molecule has 0 unspecified atom stereocenters. The van der Waals surface area contributed by atoms with E-state index >= 15 is 0 Å². The zero-order valence-corrected chi connectivity index (χ0v) is 8.79. The fourth-order valence-corrected chi connectivity index (χ4v) is 1.29. The van der Waals surface area contributed by atoms with Gasteiger partial charge in [0, 0.05) is 13.7 Å². The van der Waals surface area contributed by atoms with Crippen molar-refractivity contribution in [3.05, 3.63) is 41.5 Å². The first-order chi connectivity index (χ1) is 6.88. The van der Waals surface area contributed by atoms with Gasteiger partial charge in [-0.05, 0) is 18.2 Å². The molecule has 2 heteroatoms. The van der Waals surface area contributed by atoms with Crippen LogP contribution >= 0.6 is 0 Å². The molecule has 0 saturated heterocycles. The van der Waals surface area contributed by atoms with E-state index < -0.39 is 0 Å². The Morgan fingerprint density at radius 1 is 1.36 bits per heavy atom. The van der Waals surface area contributed by atoms with Gasteiger partial charge in [0.2, 0.25) is 0 Å². The molecule has 1 N–H and O–H groups in total. The molecule has 0 atom stereocenters. The van der Waals surface area contributed by atoms with Crippen LogP contribution in [-0.2, 0) is 11.3 Å². The molecule has 0 aliphatic rings. The van der Waals surface area contributed by atoms with E-state index in [1.54, 1.807) is 7.11 Å². The molecule has 0 bridgehead atoms. The van der Waals surface area contributed by atoms with Crippen molar-refractivity contribution in [1.82, 2.24) is 5.32 Å². The molecule has 0 aliphatic carbocycles. The van der Waals surface area contributed by atoms with E-state index in [2.05, 4.69) is 29.6 Å². The minimum absolute atomic E-state index is 0.667. The van der Waals surface area contributed by atoms with Crippen molar-refractivity contribution in [2.24, 2.45) is 0 Å². The average molecular weight is 191 g/mol. The van der Waals surface area contributed by atoms with Crippen molar-refractivity contribution in [3.63, 3.8) is 0 Å². The Bertz CT molecular complexity index is 294. The number of rotatable bonds is 5. The number of ether oxygens (including phenoxy) is 1. The van der Waals surface area contributed by atoms with E-state index in [4.69, 9.17) is 4.74 Å². The van der Waals surface area contributed by atoms with Gasteiger partial charge in [-0.3, -0.25) is 0 Å². The predicted molar refractivity (Wildman–Crippen MR) is 60.1 cm³/mol. The molecular weight excluding hydrogens is 174 g/mol. The Morgan fingerprint density at radius 3 is 2.86 bits per heavy atom. The van der Waals surface area contributed by atoms with Gasteiger partial charge in [0.25, 0.3) is 0 Å². The second-order valence-corrected chi connectivity index (χ2v) is 3.09. The molecule has 14 heavy (non-hydrogen) atoms. The third-order valence-electron chi connectivity index (χ3n) is 1.97. The van der Waals surface area contributed by atoms with Crippen LogP contribution in [0.5, 0.6) is 0 Å².